The van der Waals surface area contributed by atoms with Crippen molar-refractivity contribution in [3.63, 3.8) is 0 Å². The van der Waals surface area contributed by atoms with Crippen molar-refractivity contribution < 1.29 is 18.0 Å². The molecule has 0 fully saturated rings. The van der Waals surface area contributed by atoms with Crippen LogP contribution in [0.2, 0.25) is 5.15 Å². The minimum atomic E-state index is -5.05. The summed E-state index contributed by atoms with van der Waals surface area (Å²) in [6.07, 6.45) is -5.05. The molecule has 108 valence electrons. The number of Topliss-reactive ketones (excluding diaryl/α,β-unsaturated/α-hetero) is 1. The van der Waals surface area contributed by atoms with Gasteiger partial charge in [0.25, 0.3) is 5.78 Å². The van der Waals surface area contributed by atoms with Crippen molar-refractivity contribution in [1.82, 2.24) is 14.8 Å². The van der Waals surface area contributed by atoms with Gasteiger partial charge in [-0.15, -0.1) is 0 Å². The van der Waals surface area contributed by atoms with Gasteiger partial charge in [-0.05, 0) is 25.1 Å². The first-order valence-electron chi connectivity index (χ1n) is 5.49. The van der Waals surface area contributed by atoms with E-state index in [4.69, 9.17) is 16.9 Å². The lowest BCUT2D eigenvalue weighted by molar-refractivity contribution is -0.0885. The van der Waals surface area contributed by atoms with Crippen molar-refractivity contribution >= 4 is 17.4 Å². The van der Waals surface area contributed by atoms with Crippen LogP contribution in [0.4, 0.5) is 13.2 Å². The molecular formula is C12H6ClF3N4O. The molecule has 2 rings (SSSR count). The van der Waals surface area contributed by atoms with Gasteiger partial charge >= 0.3 is 6.18 Å². The van der Waals surface area contributed by atoms with Crippen LogP contribution in [0.25, 0.3) is 5.82 Å². The quantitative estimate of drug-likeness (QED) is 0.631. The zero-order chi connectivity index (χ0) is 15.8. The second kappa shape index (κ2) is 5.18. The molecular weight excluding hydrogens is 309 g/mol. The van der Waals surface area contributed by atoms with E-state index in [0.717, 1.165) is 16.8 Å². The summed E-state index contributed by atoms with van der Waals surface area (Å²) in [7, 11) is 0. The van der Waals surface area contributed by atoms with Crippen molar-refractivity contribution in [3.8, 4) is 11.9 Å². The van der Waals surface area contributed by atoms with Gasteiger partial charge in [-0.25, -0.2) is 9.67 Å². The highest BCUT2D eigenvalue weighted by atomic mass is 35.5. The molecule has 0 saturated carbocycles. The number of nitrogens with zero attached hydrogens (tertiary/aromatic N) is 4. The number of hydrogen-bond donors (Lipinski definition) is 0. The highest BCUT2D eigenvalue weighted by molar-refractivity contribution is 6.29. The van der Waals surface area contributed by atoms with Crippen LogP contribution in [0, 0.1) is 18.3 Å². The first kappa shape index (κ1) is 15.0. The first-order valence-corrected chi connectivity index (χ1v) is 5.87. The summed E-state index contributed by atoms with van der Waals surface area (Å²) in [4.78, 5) is 15.2. The molecule has 5 nitrogen and oxygen atoms in total. The summed E-state index contributed by atoms with van der Waals surface area (Å²) < 4.78 is 38.8. The molecule has 0 aliphatic rings. The standard InChI is InChI=1S/C12H6ClF3N4O/c1-6-4-7(5-17)19-20(6)11-8(2-3-9(13)18-11)10(21)12(14,15)16/h2-4H,1H3. The van der Waals surface area contributed by atoms with Crippen molar-refractivity contribution in [1.29, 1.82) is 5.26 Å². The van der Waals surface area contributed by atoms with Crippen molar-refractivity contribution in [2.24, 2.45) is 0 Å². The lowest BCUT2D eigenvalue weighted by Gasteiger charge is -2.11. The molecule has 0 spiro atoms. The van der Waals surface area contributed by atoms with Gasteiger partial charge in [-0.1, -0.05) is 11.6 Å². The van der Waals surface area contributed by atoms with Crippen LogP contribution in [-0.4, -0.2) is 26.7 Å². The highest BCUT2D eigenvalue weighted by Crippen LogP contribution is 2.26. The summed E-state index contributed by atoms with van der Waals surface area (Å²) >= 11 is 5.67. The van der Waals surface area contributed by atoms with Gasteiger partial charge < -0.3 is 0 Å². The molecule has 0 aliphatic heterocycles. The maximum absolute atomic E-state index is 12.6. The number of aromatic nitrogens is 3. The zero-order valence-corrected chi connectivity index (χ0v) is 11.2. The molecule has 2 heterocycles. The summed E-state index contributed by atoms with van der Waals surface area (Å²) in [5.41, 5.74) is -0.361. The molecule has 2 aromatic heterocycles. The zero-order valence-electron chi connectivity index (χ0n) is 10.4. The Labute approximate surface area is 121 Å². The molecule has 0 radical (unpaired) electrons. The molecule has 0 amide bonds. The van der Waals surface area contributed by atoms with Gasteiger partial charge in [0.05, 0.1) is 5.56 Å². The number of halogens is 4. The third-order valence-electron chi connectivity index (χ3n) is 2.55. The second-order valence-electron chi connectivity index (χ2n) is 4.03. The van der Waals surface area contributed by atoms with E-state index in [9.17, 15) is 18.0 Å². The van der Waals surface area contributed by atoms with Crippen LogP contribution in [0.5, 0.6) is 0 Å². The Morgan fingerprint density at radius 2 is 2.10 bits per heavy atom. The topological polar surface area (TPSA) is 71.6 Å². The Morgan fingerprint density at radius 1 is 1.43 bits per heavy atom. The number of rotatable bonds is 2. The maximum atomic E-state index is 12.6. The number of carbonyl (C=O) groups is 1. The third kappa shape index (κ3) is 2.87. The van der Waals surface area contributed by atoms with Gasteiger partial charge in [0, 0.05) is 5.69 Å². The number of alkyl halides is 3. The molecule has 0 bridgehead atoms. The third-order valence-corrected chi connectivity index (χ3v) is 2.76. The summed E-state index contributed by atoms with van der Waals surface area (Å²) in [5.74, 6) is -2.43. The largest absolute Gasteiger partial charge is 0.455 e. The van der Waals surface area contributed by atoms with Crippen LogP contribution in [0.3, 0.4) is 0 Å². The predicted octanol–water partition coefficient (Wildman–Crippen LogP) is 2.85. The van der Waals surface area contributed by atoms with E-state index in [2.05, 4.69) is 10.1 Å². The Hall–Kier alpha value is -2.40. The fourth-order valence-electron chi connectivity index (χ4n) is 1.66. The summed E-state index contributed by atoms with van der Waals surface area (Å²) in [5, 5.41) is 12.4. The Morgan fingerprint density at radius 3 is 2.62 bits per heavy atom. The first-order chi connectivity index (χ1) is 9.74. The number of ketones is 1. The van der Waals surface area contributed by atoms with E-state index in [1.807, 2.05) is 0 Å². The monoisotopic (exact) mass is 314 g/mol. The van der Waals surface area contributed by atoms with Crippen molar-refractivity contribution in [3.05, 3.63) is 40.3 Å². The molecule has 0 saturated heterocycles. The maximum Gasteiger partial charge on any atom is 0.455 e. The van der Waals surface area contributed by atoms with E-state index in [-0.39, 0.29) is 16.7 Å². The highest BCUT2D eigenvalue weighted by Gasteiger charge is 2.41. The van der Waals surface area contributed by atoms with Crippen LogP contribution >= 0.6 is 11.6 Å². The molecule has 0 N–H and O–H groups in total. The van der Waals surface area contributed by atoms with Crippen molar-refractivity contribution in [2.45, 2.75) is 13.1 Å². The lowest BCUT2D eigenvalue weighted by atomic mass is 10.1. The average Bonchev–Trinajstić information content (AvgIpc) is 2.78. The SMILES string of the molecule is Cc1cc(C#N)nn1-c1nc(Cl)ccc1C(=O)C(F)(F)F. The molecule has 21 heavy (non-hydrogen) atoms. The van der Waals surface area contributed by atoms with Gasteiger partial charge in [0.2, 0.25) is 0 Å². The molecule has 0 atom stereocenters. The molecule has 0 unspecified atom stereocenters. The van der Waals surface area contributed by atoms with Crippen LogP contribution in [0.1, 0.15) is 21.7 Å². The number of nitriles is 1. The van der Waals surface area contributed by atoms with E-state index in [0.29, 0.717) is 5.69 Å². The molecule has 0 aromatic carbocycles. The smallest absolute Gasteiger partial charge is 0.284 e. The Bertz CT molecular complexity index is 761. The lowest BCUT2D eigenvalue weighted by Crippen LogP contribution is -2.25. The van der Waals surface area contributed by atoms with E-state index in [1.165, 1.54) is 13.0 Å². The summed E-state index contributed by atoms with van der Waals surface area (Å²) in [6, 6.07) is 5.10. The molecule has 9 heteroatoms. The minimum Gasteiger partial charge on any atom is -0.284 e. The van der Waals surface area contributed by atoms with Crippen molar-refractivity contribution in [2.75, 3.05) is 0 Å². The fourth-order valence-corrected chi connectivity index (χ4v) is 1.80. The Balaban J connectivity index is 2.68. The normalized spacial score (nSPS) is 11.2. The number of carbonyl (C=O) groups excluding carboxylic acids is 1. The van der Waals surface area contributed by atoms with Crippen LogP contribution in [0.15, 0.2) is 18.2 Å². The number of aryl methyl sites for hydroxylation is 1. The fraction of sp³-hybridized carbons (Fsp3) is 0.167. The Kier molecular flexibility index (Phi) is 3.70. The molecule has 2 aromatic rings. The van der Waals surface area contributed by atoms with E-state index >= 15 is 0 Å². The van der Waals surface area contributed by atoms with Crippen LogP contribution < -0.4 is 0 Å². The van der Waals surface area contributed by atoms with Gasteiger partial charge in [-0.3, -0.25) is 4.79 Å². The van der Waals surface area contributed by atoms with E-state index < -0.39 is 17.5 Å². The van der Waals surface area contributed by atoms with Gasteiger partial charge in [0.1, 0.15) is 11.2 Å². The van der Waals surface area contributed by atoms with E-state index in [1.54, 1.807) is 6.07 Å². The number of pyridine rings is 1. The van der Waals surface area contributed by atoms with Gasteiger partial charge in [-0.2, -0.15) is 23.5 Å². The minimum absolute atomic E-state index is 0.0142. The summed E-state index contributed by atoms with van der Waals surface area (Å²) in [6.45, 7) is 1.51. The molecule has 0 aliphatic carbocycles. The second-order valence-corrected chi connectivity index (χ2v) is 4.41. The number of hydrogen-bond acceptors (Lipinski definition) is 4. The predicted molar refractivity (Wildman–Crippen MR) is 66.2 cm³/mol. The van der Waals surface area contributed by atoms with Crippen LogP contribution in [-0.2, 0) is 0 Å². The van der Waals surface area contributed by atoms with Gasteiger partial charge in [0.15, 0.2) is 11.5 Å². The average molecular weight is 315 g/mol.